The predicted octanol–water partition coefficient (Wildman–Crippen LogP) is 1.43. The first kappa shape index (κ1) is 9.47. The lowest BCUT2D eigenvalue weighted by atomic mass is 10.2. The fourth-order valence-corrected chi connectivity index (χ4v) is 1.48. The van der Waals surface area contributed by atoms with Gasteiger partial charge in [0.15, 0.2) is 6.79 Å². The van der Waals surface area contributed by atoms with Crippen molar-refractivity contribution in [2.45, 2.75) is 0 Å². The van der Waals surface area contributed by atoms with Gasteiger partial charge in [-0.2, -0.15) is 0 Å². The second kappa shape index (κ2) is 4.42. The van der Waals surface area contributed by atoms with Crippen molar-refractivity contribution in [3.8, 4) is 5.75 Å². The molecule has 1 aromatic rings. The molecule has 1 aromatic carbocycles. The number of hydrogen-bond donors (Lipinski definition) is 1. The summed E-state index contributed by atoms with van der Waals surface area (Å²) in [6, 6.07) is 5.05. The van der Waals surface area contributed by atoms with Crippen LogP contribution in [-0.4, -0.2) is 18.2 Å². The number of carbonyl (C=O) groups is 1. The summed E-state index contributed by atoms with van der Waals surface area (Å²) in [5.74, 6) is 0.506. The van der Waals surface area contributed by atoms with Crippen molar-refractivity contribution in [1.29, 1.82) is 0 Å². The van der Waals surface area contributed by atoms with Gasteiger partial charge in [0.05, 0.1) is 0 Å². The number of hydrogen-bond acceptors (Lipinski definition) is 3. The Bertz CT molecular complexity index is 286. The van der Waals surface area contributed by atoms with Crippen molar-refractivity contribution in [3.63, 3.8) is 0 Å². The Labute approximate surface area is 83.5 Å². The van der Waals surface area contributed by atoms with Gasteiger partial charge in [-0.25, -0.2) is 0 Å². The van der Waals surface area contributed by atoms with E-state index in [2.05, 4.69) is 22.6 Å². The summed E-state index contributed by atoms with van der Waals surface area (Å²) >= 11 is 2.07. The highest BCUT2D eigenvalue weighted by Crippen LogP contribution is 2.17. The number of aldehydes is 1. The summed E-state index contributed by atoms with van der Waals surface area (Å²) in [6.07, 6.45) is 0.742. The van der Waals surface area contributed by atoms with Crippen LogP contribution in [0.3, 0.4) is 0 Å². The Morgan fingerprint density at radius 2 is 2.25 bits per heavy atom. The minimum atomic E-state index is -0.377. The second-order valence-electron chi connectivity index (χ2n) is 2.11. The number of halogens is 1. The monoisotopic (exact) mass is 278 g/mol. The predicted molar refractivity (Wildman–Crippen MR) is 52.3 cm³/mol. The summed E-state index contributed by atoms with van der Waals surface area (Å²) in [5, 5.41) is 8.46. The van der Waals surface area contributed by atoms with E-state index in [0.717, 1.165) is 9.86 Å². The highest BCUT2D eigenvalue weighted by Gasteiger charge is 1.98. The number of carbonyl (C=O) groups excluding carboxylic acids is 1. The molecule has 0 saturated carbocycles. The van der Waals surface area contributed by atoms with E-state index in [4.69, 9.17) is 9.84 Å². The van der Waals surface area contributed by atoms with Crippen LogP contribution in [0.2, 0.25) is 0 Å². The van der Waals surface area contributed by atoms with E-state index in [1.165, 1.54) is 0 Å². The Morgan fingerprint density at radius 1 is 1.50 bits per heavy atom. The largest absolute Gasteiger partial charge is 0.468 e. The van der Waals surface area contributed by atoms with Gasteiger partial charge in [-0.1, -0.05) is 0 Å². The van der Waals surface area contributed by atoms with Gasteiger partial charge in [0.25, 0.3) is 0 Å². The SMILES string of the molecule is O=Cc1cc(I)cc(OCO)c1. The van der Waals surface area contributed by atoms with Gasteiger partial charge in [-0.05, 0) is 40.8 Å². The number of benzene rings is 1. The molecule has 0 heterocycles. The van der Waals surface area contributed by atoms with E-state index >= 15 is 0 Å². The lowest BCUT2D eigenvalue weighted by Crippen LogP contribution is -1.95. The topological polar surface area (TPSA) is 46.5 Å². The molecule has 3 nitrogen and oxygen atoms in total. The van der Waals surface area contributed by atoms with Crippen LogP contribution in [0.25, 0.3) is 0 Å². The Morgan fingerprint density at radius 3 is 2.83 bits per heavy atom. The van der Waals surface area contributed by atoms with E-state index in [9.17, 15) is 4.79 Å². The van der Waals surface area contributed by atoms with Gasteiger partial charge < -0.3 is 9.84 Å². The number of rotatable bonds is 3. The molecule has 0 atom stereocenters. The zero-order valence-corrected chi connectivity index (χ0v) is 8.32. The van der Waals surface area contributed by atoms with Gasteiger partial charge in [0, 0.05) is 9.13 Å². The standard InChI is InChI=1S/C8H7IO3/c9-7-1-6(4-10)2-8(3-7)12-5-11/h1-4,11H,5H2. The van der Waals surface area contributed by atoms with Crippen LogP contribution in [0.15, 0.2) is 18.2 Å². The molecule has 12 heavy (non-hydrogen) atoms. The van der Waals surface area contributed by atoms with Gasteiger partial charge in [0.1, 0.15) is 12.0 Å². The second-order valence-corrected chi connectivity index (χ2v) is 3.36. The molecule has 0 amide bonds. The highest BCUT2D eigenvalue weighted by molar-refractivity contribution is 14.1. The quantitative estimate of drug-likeness (QED) is 0.517. The lowest BCUT2D eigenvalue weighted by Gasteiger charge is -2.02. The van der Waals surface area contributed by atoms with Gasteiger partial charge in [-0.3, -0.25) is 4.79 Å². The van der Waals surface area contributed by atoms with E-state index in [-0.39, 0.29) is 6.79 Å². The molecule has 0 fully saturated rings. The average Bonchev–Trinajstić information content (AvgIpc) is 2.04. The smallest absolute Gasteiger partial charge is 0.186 e. The summed E-state index contributed by atoms with van der Waals surface area (Å²) < 4.78 is 5.72. The maximum Gasteiger partial charge on any atom is 0.186 e. The molecule has 0 aliphatic rings. The lowest BCUT2D eigenvalue weighted by molar-refractivity contribution is 0.0980. The van der Waals surface area contributed by atoms with Gasteiger partial charge in [-0.15, -0.1) is 0 Å². The van der Waals surface area contributed by atoms with Gasteiger partial charge >= 0.3 is 0 Å². The molecule has 64 valence electrons. The molecular formula is C8H7IO3. The third-order valence-corrected chi connectivity index (χ3v) is 1.88. The normalized spacial score (nSPS) is 9.50. The van der Waals surface area contributed by atoms with E-state index < -0.39 is 0 Å². The Kier molecular flexibility index (Phi) is 3.48. The Hall–Kier alpha value is -0.620. The molecule has 0 spiro atoms. The molecule has 1 rings (SSSR count). The van der Waals surface area contributed by atoms with Crippen molar-refractivity contribution >= 4 is 28.9 Å². The number of ether oxygens (including phenoxy) is 1. The molecule has 0 radical (unpaired) electrons. The third kappa shape index (κ3) is 2.46. The first-order valence-electron chi connectivity index (χ1n) is 3.25. The third-order valence-electron chi connectivity index (χ3n) is 1.26. The van der Waals surface area contributed by atoms with E-state index in [0.29, 0.717) is 11.3 Å². The van der Waals surface area contributed by atoms with E-state index in [1.807, 2.05) is 0 Å². The maximum atomic E-state index is 10.4. The van der Waals surface area contributed by atoms with Crippen LogP contribution in [0.5, 0.6) is 5.75 Å². The zero-order valence-electron chi connectivity index (χ0n) is 6.16. The average molecular weight is 278 g/mol. The molecule has 4 heteroatoms. The maximum absolute atomic E-state index is 10.4. The molecule has 0 aromatic heterocycles. The molecule has 0 aliphatic carbocycles. The Balaban J connectivity index is 2.97. The first-order valence-corrected chi connectivity index (χ1v) is 4.33. The van der Waals surface area contributed by atoms with Crippen LogP contribution in [0, 0.1) is 3.57 Å². The van der Waals surface area contributed by atoms with Crippen LogP contribution < -0.4 is 4.74 Å². The summed E-state index contributed by atoms with van der Waals surface area (Å²) in [7, 11) is 0. The first-order chi connectivity index (χ1) is 5.76. The minimum Gasteiger partial charge on any atom is -0.468 e. The summed E-state index contributed by atoms with van der Waals surface area (Å²) in [5.41, 5.74) is 0.547. The van der Waals surface area contributed by atoms with Crippen molar-refractivity contribution in [3.05, 3.63) is 27.3 Å². The summed E-state index contributed by atoms with van der Waals surface area (Å²) in [4.78, 5) is 10.4. The van der Waals surface area contributed by atoms with Crippen LogP contribution >= 0.6 is 22.6 Å². The fourth-order valence-electron chi connectivity index (χ4n) is 0.810. The molecule has 1 N–H and O–H groups in total. The molecule has 0 saturated heterocycles. The fraction of sp³-hybridized carbons (Fsp3) is 0.125. The van der Waals surface area contributed by atoms with Crippen molar-refractivity contribution < 1.29 is 14.6 Å². The van der Waals surface area contributed by atoms with Gasteiger partial charge in [0.2, 0.25) is 0 Å². The van der Waals surface area contributed by atoms with E-state index in [1.54, 1.807) is 18.2 Å². The zero-order chi connectivity index (χ0) is 8.97. The molecule has 0 unspecified atom stereocenters. The molecular weight excluding hydrogens is 271 g/mol. The number of aliphatic hydroxyl groups is 1. The van der Waals surface area contributed by atoms with Crippen LogP contribution in [0.1, 0.15) is 10.4 Å². The van der Waals surface area contributed by atoms with Crippen LogP contribution in [-0.2, 0) is 0 Å². The van der Waals surface area contributed by atoms with Crippen LogP contribution in [0.4, 0.5) is 0 Å². The molecule has 0 bridgehead atoms. The van der Waals surface area contributed by atoms with Crippen molar-refractivity contribution in [2.75, 3.05) is 6.79 Å². The molecule has 0 aliphatic heterocycles. The number of aliphatic hydroxyl groups excluding tert-OH is 1. The van der Waals surface area contributed by atoms with Crippen molar-refractivity contribution in [2.24, 2.45) is 0 Å². The minimum absolute atomic E-state index is 0.377. The highest BCUT2D eigenvalue weighted by atomic mass is 127. The summed E-state index contributed by atoms with van der Waals surface area (Å²) in [6.45, 7) is -0.377. The van der Waals surface area contributed by atoms with Crippen molar-refractivity contribution in [1.82, 2.24) is 0 Å².